The zero-order chi connectivity index (χ0) is 60.7. The maximum Gasteiger partial charge on any atom is 2.00 e. The van der Waals surface area contributed by atoms with Gasteiger partial charge in [-0.3, -0.25) is 38.8 Å². The molecule has 0 radical (unpaired) electrons. The number of rotatable bonds is 32. The van der Waals surface area contributed by atoms with Crippen LogP contribution < -0.4 is 20.4 Å². The predicted octanol–water partition coefficient (Wildman–Crippen LogP) is -19.2. The van der Waals surface area contributed by atoms with Crippen molar-refractivity contribution in [3.05, 3.63) is 0 Å². The third-order valence-corrected chi connectivity index (χ3v) is 8.68. The molecule has 0 amide bonds. The van der Waals surface area contributed by atoms with Crippen LogP contribution in [-0.4, -0.2) is 393 Å². The van der Waals surface area contributed by atoms with Gasteiger partial charge in [-0.2, -0.15) is 0 Å². The number of carbonyl (C=O) groups excluding carboxylic acids is 8. The second kappa shape index (κ2) is 43.1. The molecule has 0 fully saturated rings. The quantitative estimate of drug-likeness (QED) is 0.0169. The van der Waals surface area contributed by atoms with Crippen molar-refractivity contribution in [2.75, 3.05) is 109 Å². The van der Waals surface area contributed by atoms with Crippen LogP contribution in [-0.2, 0) is 57.3 Å². The average molecular weight is 1160 g/mol. The van der Waals surface area contributed by atoms with E-state index >= 15 is 0 Å². The molecule has 0 aromatic carbocycles. The summed E-state index contributed by atoms with van der Waals surface area (Å²) >= 11 is 0. The van der Waals surface area contributed by atoms with E-state index in [1.165, 1.54) is 19.6 Å². The van der Waals surface area contributed by atoms with Gasteiger partial charge in [0.25, 0.3) is 0 Å². The molecule has 0 aromatic heterocycles. The largest absolute Gasteiger partial charge is 2.00 e. The van der Waals surface area contributed by atoms with Crippen molar-refractivity contribution >= 4 is 85.5 Å². The molecule has 16 N–H and O–H groups in total. The maximum atomic E-state index is 11.1. The topological polar surface area (TPSA) is 602 Å². The van der Waals surface area contributed by atoms with Crippen molar-refractivity contribution in [3.8, 4) is 0 Å². The van der Waals surface area contributed by atoms with E-state index < -0.39 is 172 Å². The second-order valence-corrected chi connectivity index (χ2v) is 16.9. The summed E-state index contributed by atoms with van der Waals surface area (Å²) in [6.07, 6.45) is -33.0. The van der Waals surface area contributed by atoms with E-state index in [0.29, 0.717) is 0 Å². The van der Waals surface area contributed by atoms with Crippen LogP contribution in [0, 0.1) is 0 Å². The van der Waals surface area contributed by atoms with Crippen molar-refractivity contribution in [3.63, 3.8) is 0 Å². The molecular formula is C40H72CaN4O32-2. The number of hydrogen-bond donors (Lipinski definition) is 16. The Hall–Kier alpha value is -3.78. The Bertz CT molecular complexity index is 1480. The van der Waals surface area contributed by atoms with Crippen LogP contribution >= 0.6 is 0 Å². The summed E-state index contributed by atoms with van der Waals surface area (Å²) in [6.45, 7) is -2.79. The fourth-order valence-corrected chi connectivity index (χ4v) is 4.54. The molecule has 0 aliphatic rings. The zero-order valence-electron chi connectivity index (χ0n) is 43.1. The zero-order valence-corrected chi connectivity index (χ0v) is 45.3. The van der Waals surface area contributed by atoms with Crippen LogP contribution in [0.25, 0.3) is 0 Å². The SMILES string of the molecule is CN(C)CC(=O)OC[C@@H](O)[C@@H](O)[C@H](O)[C@@H](O)C(=O)[O-].CN(C)CC(=O)OC[C@@H](O)[C@@H](O)[C@H](O)[C@@H](O)C(=O)[O-].CN(C)CC(=O)OC[C@@H](O)[C@@H](O)[C@H](O)[C@@H](O)C(=O)[O-].CN(C)CC(=O)OC[C@@H](O)[C@@H](O)[C@H](O)[C@@H](O)C(=O)[O-].[Ca+2]. The molecule has 0 spiro atoms. The molecule has 0 saturated carbocycles. The van der Waals surface area contributed by atoms with Gasteiger partial charge in [-0.25, -0.2) is 0 Å². The number of ether oxygens (including phenoxy) is 4. The van der Waals surface area contributed by atoms with E-state index in [1.54, 1.807) is 56.4 Å². The van der Waals surface area contributed by atoms with Gasteiger partial charge in [0, 0.05) is 0 Å². The standard InChI is InChI=1S/4C10H19NO8.Ca/c4*1-11(2)3-6(13)19-4-5(12)7(14)8(15)9(16)10(17)18;/h4*5,7-9,12,14-16H,3-4H2,1-2H3,(H,17,18);/q;;;;+2/p-4/t4*5-,7-,8+,9-;/m1111./s1. The molecular weight excluding hydrogens is 1090 g/mol. The molecule has 0 saturated heterocycles. The molecule has 37 heteroatoms. The first-order valence-corrected chi connectivity index (χ1v) is 21.6. The number of nitrogens with zero attached hydrogens (tertiary/aromatic N) is 4. The van der Waals surface area contributed by atoms with Crippen LogP contribution in [0.4, 0.5) is 0 Å². The molecule has 0 aromatic rings. The normalized spacial score (nSPS) is 17.4. The van der Waals surface area contributed by atoms with Crippen molar-refractivity contribution < 1.29 is 159 Å². The smallest absolute Gasteiger partial charge is 0.547 e. The first-order chi connectivity index (χ1) is 34.6. The van der Waals surface area contributed by atoms with Gasteiger partial charge < -0.3 is 140 Å². The first-order valence-electron chi connectivity index (χ1n) is 21.6. The van der Waals surface area contributed by atoms with Gasteiger partial charge in [0.2, 0.25) is 0 Å². The summed E-state index contributed by atoms with van der Waals surface area (Å²) in [5, 5.41) is 188. The molecule has 0 aliphatic heterocycles. The van der Waals surface area contributed by atoms with Crippen LogP contribution in [0.15, 0.2) is 0 Å². The Morgan fingerprint density at radius 2 is 0.429 bits per heavy atom. The fraction of sp³-hybridized carbons (Fsp3) is 0.800. The van der Waals surface area contributed by atoms with Gasteiger partial charge in [-0.05, 0) is 56.4 Å². The van der Waals surface area contributed by atoms with Crippen molar-refractivity contribution in [2.45, 2.75) is 97.7 Å². The van der Waals surface area contributed by atoms with Crippen LogP contribution in [0.3, 0.4) is 0 Å². The minimum Gasteiger partial charge on any atom is -0.547 e. The molecule has 0 unspecified atom stereocenters. The summed E-state index contributed by atoms with van der Waals surface area (Å²) < 4.78 is 18.3. The van der Waals surface area contributed by atoms with Gasteiger partial charge in [-0.15, -0.1) is 0 Å². The molecule has 77 heavy (non-hydrogen) atoms. The number of hydrogen-bond acceptors (Lipinski definition) is 36. The third kappa shape index (κ3) is 38.5. The van der Waals surface area contributed by atoms with Crippen molar-refractivity contribution in [1.82, 2.24) is 19.6 Å². The fourth-order valence-electron chi connectivity index (χ4n) is 4.54. The first kappa shape index (κ1) is 82.1. The molecule has 0 bridgehead atoms. The molecule has 16 atom stereocenters. The number of carboxylic acid groups (broad SMARTS) is 4. The minimum atomic E-state index is -2.36. The number of aliphatic carboxylic acids is 4. The molecule has 0 aliphatic carbocycles. The monoisotopic (exact) mass is 1160 g/mol. The van der Waals surface area contributed by atoms with Crippen molar-refractivity contribution in [1.29, 1.82) is 0 Å². The van der Waals surface area contributed by atoms with Crippen LogP contribution in [0.1, 0.15) is 0 Å². The maximum absolute atomic E-state index is 11.1. The molecule has 36 nitrogen and oxygen atoms in total. The summed E-state index contributed by atoms with van der Waals surface area (Å²) in [5.41, 5.74) is 0. The Labute approximate surface area is 469 Å². The van der Waals surface area contributed by atoms with Crippen LogP contribution in [0.5, 0.6) is 0 Å². The number of carboxylic acids is 4. The average Bonchev–Trinajstić information content (AvgIpc) is 3.32. The van der Waals surface area contributed by atoms with Gasteiger partial charge in [0.05, 0.1) is 50.1 Å². The van der Waals surface area contributed by atoms with E-state index in [1.807, 2.05) is 0 Å². The van der Waals surface area contributed by atoms with Gasteiger partial charge in [0.15, 0.2) is 0 Å². The number of aliphatic hydroxyl groups excluding tert-OH is 16. The summed E-state index contributed by atoms with van der Waals surface area (Å²) in [7, 11) is 12.9. The van der Waals surface area contributed by atoms with E-state index in [0.717, 1.165) is 0 Å². The molecule has 0 rings (SSSR count). The second-order valence-electron chi connectivity index (χ2n) is 16.9. The summed E-state index contributed by atoms with van der Waals surface area (Å²) in [5.74, 6) is -10.7. The van der Waals surface area contributed by atoms with Gasteiger partial charge in [-0.1, -0.05) is 0 Å². The number of carbonyl (C=O) groups is 8. The minimum absolute atomic E-state index is 0. The predicted molar refractivity (Wildman–Crippen MR) is 240 cm³/mol. The Balaban J connectivity index is -0.000000298. The van der Waals surface area contributed by atoms with Crippen molar-refractivity contribution in [2.24, 2.45) is 0 Å². The Kier molecular flexibility index (Phi) is 45.9. The number of aliphatic hydroxyl groups is 16. The van der Waals surface area contributed by atoms with E-state index in [-0.39, 0.29) is 63.9 Å². The number of esters is 4. The molecule has 448 valence electrons. The Morgan fingerprint density at radius 1 is 0.299 bits per heavy atom. The van der Waals surface area contributed by atoms with E-state index in [2.05, 4.69) is 18.9 Å². The van der Waals surface area contributed by atoms with Gasteiger partial charge >= 0.3 is 61.6 Å². The van der Waals surface area contributed by atoms with Gasteiger partial charge in [0.1, 0.15) is 124 Å². The summed E-state index contributed by atoms with van der Waals surface area (Å²) in [6, 6.07) is 0. The van der Waals surface area contributed by atoms with E-state index in [4.69, 9.17) is 20.4 Å². The Morgan fingerprint density at radius 3 is 0.532 bits per heavy atom. The third-order valence-electron chi connectivity index (χ3n) is 8.68. The van der Waals surface area contributed by atoms with E-state index in [9.17, 15) is 120 Å². The summed E-state index contributed by atoms with van der Waals surface area (Å²) in [4.78, 5) is 91.5. The molecule has 0 heterocycles. The van der Waals surface area contributed by atoms with Crippen LogP contribution in [0.2, 0.25) is 0 Å². The number of likely N-dealkylation sites (N-methyl/N-ethyl adjacent to an activating group) is 4.